The highest BCUT2D eigenvalue weighted by molar-refractivity contribution is 9.09. The van der Waals surface area contributed by atoms with Gasteiger partial charge in [-0.2, -0.15) is 0 Å². The van der Waals surface area contributed by atoms with E-state index in [1.165, 1.54) is 5.56 Å². The molecular weight excluding hydrogens is 350 g/mol. The second-order valence-electron chi connectivity index (χ2n) is 5.34. The highest BCUT2D eigenvalue weighted by atomic mass is 79.9. The fraction of sp³-hybridized carbons (Fsp3) is 0.625. The maximum Gasteiger partial charge on any atom is 0.240 e. The molecule has 0 bridgehead atoms. The van der Waals surface area contributed by atoms with Crippen molar-refractivity contribution in [3.05, 3.63) is 29.8 Å². The summed E-state index contributed by atoms with van der Waals surface area (Å²) >= 11 is 3.60. The summed E-state index contributed by atoms with van der Waals surface area (Å²) in [6.07, 6.45) is 4.12. The first-order valence-electron chi connectivity index (χ1n) is 7.67. The molecular formula is C16H26BrNO2S. The van der Waals surface area contributed by atoms with Crippen LogP contribution >= 0.6 is 15.9 Å². The van der Waals surface area contributed by atoms with Gasteiger partial charge in [-0.1, -0.05) is 68.1 Å². The van der Waals surface area contributed by atoms with Gasteiger partial charge < -0.3 is 0 Å². The smallest absolute Gasteiger partial charge is 0.210 e. The van der Waals surface area contributed by atoms with Crippen molar-refractivity contribution in [2.45, 2.75) is 56.2 Å². The van der Waals surface area contributed by atoms with Gasteiger partial charge in [0.1, 0.15) is 0 Å². The number of halogens is 1. The molecule has 1 N–H and O–H groups in total. The van der Waals surface area contributed by atoms with Gasteiger partial charge in [0.15, 0.2) is 0 Å². The van der Waals surface area contributed by atoms with E-state index in [4.69, 9.17) is 0 Å². The maximum absolute atomic E-state index is 12.3. The molecule has 1 unspecified atom stereocenters. The minimum absolute atomic E-state index is 0.168. The van der Waals surface area contributed by atoms with E-state index < -0.39 is 10.0 Å². The summed E-state index contributed by atoms with van der Waals surface area (Å²) in [6, 6.07) is 7.16. The first kappa shape index (κ1) is 18.7. The predicted octanol–water partition coefficient (Wildman–Crippen LogP) is 4.12. The van der Waals surface area contributed by atoms with E-state index in [1.54, 1.807) is 12.1 Å². The Morgan fingerprint density at radius 1 is 1.10 bits per heavy atom. The van der Waals surface area contributed by atoms with Crippen molar-refractivity contribution in [3.8, 4) is 0 Å². The van der Waals surface area contributed by atoms with E-state index in [9.17, 15) is 8.42 Å². The Bertz CT molecular complexity index is 510. The summed E-state index contributed by atoms with van der Waals surface area (Å²) in [5, 5.41) is 0. The second-order valence-corrected chi connectivity index (χ2v) is 8.28. The van der Waals surface area contributed by atoms with Crippen molar-refractivity contribution in [2.24, 2.45) is 5.92 Å². The van der Waals surface area contributed by atoms with Crippen LogP contribution < -0.4 is 4.72 Å². The lowest BCUT2D eigenvalue weighted by Gasteiger charge is -2.20. The molecule has 0 amide bonds. The van der Waals surface area contributed by atoms with Gasteiger partial charge >= 0.3 is 0 Å². The number of benzene rings is 1. The van der Waals surface area contributed by atoms with Crippen molar-refractivity contribution in [3.63, 3.8) is 0 Å². The second kappa shape index (κ2) is 8.91. The topological polar surface area (TPSA) is 46.2 Å². The Morgan fingerprint density at radius 2 is 1.67 bits per heavy atom. The third kappa shape index (κ3) is 5.72. The van der Waals surface area contributed by atoms with Crippen LogP contribution in [-0.4, -0.2) is 19.8 Å². The summed E-state index contributed by atoms with van der Waals surface area (Å²) in [7, 11) is -3.42. The van der Waals surface area contributed by atoms with Gasteiger partial charge in [-0.3, -0.25) is 0 Å². The molecule has 1 rings (SSSR count). The first-order valence-corrected chi connectivity index (χ1v) is 10.1. The minimum Gasteiger partial charge on any atom is -0.210 e. The number of hydrogen-bond donors (Lipinski definition) is 1. The lowest BCUT2D eigenvalue weighted by Crippen LogP contribution is -2.32. The molecule has 1 aromatic rings. The molecule has 0 aliphatic carbocycles. The Labute approximate surface area is 137 Å². The van der Waals surface area contributed by atoms with Gasteiger partial charge in [0.2, 0.25) is 10.0 Å². The first-order chi connectivity index (χ1) is 9.94. The Hall–Kier alpha value is -0.390. The van der Waals surface area contributed by atoms with Gasteiger partial charge in [-0.15, -0.1) is 0 Å². The third-order valence-electron chi connectivity index (χ3n) is 3.80. The van der Waals surface area contributed by atoms with Gasteiger partial charge in [-0.25, -0.2) is 13.1 Å². The highest BCUT2D eigenvalue weighted by Crippen LogP contribution is 2.20. The number of rotatable bonds is 9. The van der Waals surface area contributed by atoms with Crippen LogP contribution in [0.15, 0.2) is 29.2 Å². The average Bonchev–Trinajstić information content (AvgIpc) is 2.47. The van der Waals surface area contributed by atoms with Crippen LogP contribution in [-0.2, 0) is 16.4 Å². The van der Waals surface area contributed by atoms with Gasteiger partial charge in [0, 0.05) is 11.4 Å². The number of nitrogens with one attached hydrogen (secondary N) is 1. The molecule has 0 saturated heterocycles. The molecule has 0 aromatic heterocycles. The molecule has 0 spiro atoms. The number of hydrogen-bond acceptors (Lipinski definition) is 2. The van der Waals surface area contributed by atoms with Crippen LogP contribution in [0.4, 0.5) is 0 Å². The summed E-state index contributed by atoms with van der Waals surface area (Å²) < 4.78 is 27.2. The van der Waals surface area contributed by atoms with Crippen LogP contribution in [0.5, 0.6) is 0 Å². The van der Waals surface area contributed by atoms with E-state index in [0.717, 1.165) is 25.7 Å². The molecule has 0 heterocycles. The Balaban J connectivity index is 2.68. The average molecular weight is 376 g/mol. The van der Waals surface area contributed by atoms with Crippen molar-refractivity contribution in [2.75, 3.05) is 6.54 Å². The van der Waals surface area contributed by atoms with Crippen molar-refractivity contribution in [1.82, 2.24) is 4.72 Å². The van der Waals surface area contributed by atoms with Crippen LogP contribution in [0, 0.1) is 5.92 Å². The lowest BCUT2D eigenvalue weighted by atomic mass is 10.00. The highest BCUT2D eigenvalue weighted by Gasteiger charge is 2.19. The molecule has 0 saturated carbocycles. The Morgan fingerprint density at radius 3 is 2.14 bits per heavy atom. The molecule has 21 heavy (non-hydrogen) atoms. The molecule has 3 nitrogen and oxygen atoms in total. The van der Waals surface area contributed by atoms with Crippen LogP contribution in [0.1, 0.15) is 45.6 Å². The van der Waals surface area contributed by atoms with Crippen LogP contribution in [0.2, 0.25) is 0 Å². The van der Waals surface area contributed by atoms with Gasteiger partial charge in [-0.05, 0) is 30.0 Å². The number of aryl methyl sites for hydroxylation is 1. The standard InChI is InChI=1S/C16H26BrNO2S/c1-4-7-13-8-10-15(11-9-13)21(19,20)18-12-16(17)14(5-2)6-3/h8-11,14,16,18H,4-7,12H2,1-3H3. The van der Waals surface area contributed by atoms with Crippen LogP contribution in [0.3, 0.4) is 0 Å². The molecule has 1 aromatic carbocycles. The lowest BCUT2D eigenvalue weighted by molar-refractivity contribution is 0.471. The summed E-state index contributed by atoms with van der Waals surface area (Å²) in [5.74, 6) is 0.486. The van der Waals surface area contributed by atoms with Crippen molar-refractivity contribution >= 4 is 26.0 Å². The largest absolute Gasteiger partial charge is 0.240 e. The molecule has 5 heteroatoms. The molecule has 1 atom stereocenters. The Kier molecular flexibility index (Phi) is 7.92. The zero-order chi connectivity index (χ0) is 15.9. The quantitative estimate of drug-likeness (QED) is 0.659. The number of sulfonamides is 1. The third-order valence-corrected chi connectivity index (χ3v) is 6.31. The zero-order valence-corrected chi connectivity index (χ0v) is 15.5. The number of alkyl halides is 1. The molecule has 0 fully saturated rings. The monoisotopic (exact) mass is 375 g/mol. The molecule has 120 valence electrons. The molecule has 0 aliphatic rings. The SMILES string of the molecule is CCCc1ccc(S(=O)(=O)NCC(Br)C(CC)CC)cc1. The minimum atomic E-state index is -3.42. The fourth-order valence-corrected chi connectivity index (χ4v) is 4.55. The van der Waals surface area contributed by atoms with Crippen molar-refractivity contribution in [1.29, 1.82) is 0 Å². The maximum atomic E-state index is 12.3. The van der Waals surface area contributed by atoms with Gasteiger partial charge in [0.25, 0.3) is 0 Å². The predicted molar refractivity (Wildman–Crippen MR) is 92.4 cm³/mol. The van der Waals surface area contributed by atoms with E-state index in [2.05, 4.69) is 41.4 Å². The summed E-state index contributed by atoms with van der Waals surface area (Å²) in [5.41, 5.74) is 1.17. The summed E-state index contributed by atoms with van der Waals surface area (Å²) in [4.78, 5) is 0.508. The van der Waals surface area contributed by atoms with Gasteiger partial charge in [0.05, 0.1) is 4.90 Å². The zero-order valence-electron chi connectivity index (χ0n) is 13.1. The van der Waals surface area contributed by atoms with Crippen molar-refractivity contribution < 1.29 is 8.42 Å². The fourth-order valence-electron chi connectivity index (χ4n) is 2.36. The molecule has 0 radical (unpaired) electrons. The van der Waals surface area contributed by atoms with Crippen LogP contribution in [0.25, 0.3) is 0 Å². The van der Waals surface area contributed by atoms with E-state index in [-0.39, 0.29) is 4.83 Å². The van der Waals surface area contributed by atoms with E-state index in [0.29, 0.717) is 17.4 Å². The normalized spacial score (nSPS) is 13.6. The van der Waals surface area contributed by atoms with E-state index in [1.807, 2.05) is 12.1 Å². The van der Waals surface area contributed by atoms with E-state index >= 15 is 0 Å². The summed E-state index contributed by atoms with van der Waals surface area (Å²) in [6.45, 7) is 6.79. The molecule has 0 aliphatic heterocycles.